The van der Waals surface area contributed by atoms with Crippen molar-refractivity contribution in [1.82, 2.24) is 0 Å². The van der Waals surface area contributed by atoms with Crippen LogP contribution in [0.4, 0.5) is 8.78 Å². The van der Waals surface area contributed by atoms with Crippen LogP contribution in [0.5, 0.6) is 5.75 Å². The maximum Gasteiger partial charge on any atom is 0.274 e. The highest BCUT2D eigenvalue weighted by Gasteiger charge is 2.28. The summed E-state index contributed by atoms with van der Waals surface area (Å²) in [4.78, 5) is 0. The number of rotatable bonds is 3. The quantitative estimate of drug-likeness (QED) is 0.814. The van der Waals surface area contributed by atoms with Crippen molar-refractivity contribution in [3.05, 3.63) is 29.3 Å². The Morgan fingerprint density at radius 2 is 2.07 bits per heavy atom. The Labute approximate surface area is 81.7 Å². The molecule has 1 rings (SSSR count). The molecule has 0 unspecified atom stereocenters. The molecule has 1 aromatic rings. The number of hydrogen-bond acceptors (Lipinski definition) is 2. The molecule has 2 nitrogen and oxygen atoms in total. The van der Waals surface area contributed by atoms with Crippen LogP contribution in [0.3, 0.4) is 0 Å². The van der Waals surface area contributed by atoms with Crippen molar-refractivity contribution in [2.24, 2.45) is 5.73 Å². The fraction of sp³-hybridized carbons (Fsp3) is 0.400. The maximum atomic E-state index is 13.1. The van der Waals surface area contributed by atoms with Gasteiger partial charge in [-0.2, -0.15) is 0 Å². The molecule has 0 aliphatic rings. The van der Waals surface area contributed by atoms with Crippen molar-refractivity contribution in [3.63, 3.8) is 0 Å². The molecule has 0 aliphatic heterocycles. The minimum Gasteiger partial charge on any atom is -0.496 e. The van der Waals surface area contributed by atoms with Crippen molar-refractivity contribution in [1.29, 1.82) is 0 Å². The van der Waals surface area contributed by atoms with Crippen molar-refractivity contribution in [2.75, 3.05) is 7.11 Å². The Bertz CT molecular complexity index is 320. The van der Waals surface area contributed by atoms with Gasteiger partial charge in [-0.15, -0.1) is 0 Å². The summed E-state index contributed by atoms with van der Waals surface area (Å²) < 4.78 is 31.0. The topological polar surface area (TPSA) is 35.2 Å². The summed E-state index contributed by atoms with van der Waals surface area (Å²) in [6, 6.07) is 4.56. The van der Waals surface area contributed by atoms with Gasteiger partial charge in [0.15, 0.2) is 0 Å². The highest BCUT2D eigenvalue weighted by atomic mass is 19.3. The molecule has 0 aromatic heterocycles. The van der Waals surface area contributed by atoms with Gasteiger partial charge in [-0.05, 0) is 17.7 Å². The van der Waals surface area contributed by atoms with Gasteiger partial charge in [-0.25, -0.2) is 8.78 Å². The van der Waals surface area contributed by atoms with E-state index in [9.17, 15) is 8.78 Å². The Balaban J connectivity index is 3.22. The van der Waals surface area contributed by atoms with Crippen LogP contribution in [-0.4, -0.2) is 7.11 Å². The van der Waals surface area contributed by atoms with Gasteiger partial charge in [0.2, 0.25) is 0 Å². The van der Waals surface area contributed by atoms with Crippen LogP contribution in [0.15, 0.2) is 18.2 Å². The number of hydrogen-bond donors (Lipinski definition) is 1. The monoisotopic (exact) mass is 201 g/mol. The summed E-state index contributed by atoms with van der Waals surface area (Å²) in [5.74, 6) is -2.72. The minimum absolute atomic E-state index is 0.122. The second-order valence-corrected chi connectivity index (χ2v) is 3.13. The Morgan fingerprint density at radius 1 is 1.43 bits per heavy atom. The van der Waals surface area contributed by atoms with Crippen LogP contribution in [0.2, 0.25) is 0 Å². The summed E-state index contributed by atoms with van der Waals surface area (Å²) in [5, 5.41) is 0. The van der Waals surface area contributed by atoms with E-state index in [1.807, 2.05) is 0 Å². The lowest BCUT2D eigenvalue weighted by Gasteiger charge is -2.15. The van der Waals surface area contributed by atoms with Crippen molar-refractivity contribution in [2.45, 2.75) is 19.4 Å². The molecule has 0 amide bonds. The molecule has 4 heteroatoms. The molecule has 78 valence electrons. The molecule has 0 radical (unpaired) electrons. The van der Waals surface area contributed by atoms with E-state index in [4.69, 9.17) is 10.5 Å². The normalized spacial score (nSPS) is 11.5. The fourth-order valence-electron chi connectivity index (χ4n) is 1.23. The molecule has 2 N–H and O–H groups in total. The lowest BCUT2D eigenvalue weighted by Crippen LogP contribution is -2.10. The molecule has 0 bridgehead atoms. The largest absolute Gasteiger partial charge is 0.496 e. The number of benzene rings is 1. The summed E-state index contributed by atoms with van der Waals surface area (Å²) >= 11 is 0. The van der Waals surface area contributed by atoms with E-state index in [2.05, 4.69) is 0 Å². The first-order valence-electron chi connectivity index (χ1n) is 4.24. The number of halogens is 2. The van der Waals surface area contributed by atoms with Crippen molar-refractivity contribution >= 4 is 0 Å². The predicted octanol–water partition coefficient (Wildman–Crippen LogP) is 2.27. The molecule has 0 aliphatic carbocycles. The number of ether oxygens (including phenoxy) is 1. The summed E-state index contributed by atoms with van der Waals surface area (Å²) in [5.41, 5.74) is 5.91. The van der Waals surface area contributed by atoms with E-state index in [-0.39, 0.29) is 17.9 Å². The van der Waals surface area contributed by atoms with Gasteiger partial charge in [0, 0.05) is 13.5 Å². The van der Waals surface area contributed by atoms with Crippen LogP contribution >= 0.6 is 0 Å². The SMILES string of the molecule is COc1ccc(CN)cc1C(C)(F)F. The van der Waals surface area contributed by atoms with Crippen LogP contribution in [0.25, 0.3) is 0 Å². The van der Waals surface area contributed by atoms with E-state index in [0.717, 1.165) is 6.92 Å². The third-order valence-electron chi connectivity index (χ3n) is 1.97. The van der Waals surface area contributed by atoms with Crippen molar-refractivity contribution in [3.8, 4) is 5.75 Å². The first-order chi connectivity index (χ1) is 6.49. The third kappa shape index (κ3) is 2.20. The highest BCUT2D eigenvalue weighted by Crippen LogP contribution is 2.34. The minimum atomic E-state index is -2.91. The summed E-state index contributed by atoms with van der Waals surface area (Å²) in [6.45, 7) is 1.08. The van der Waals surface area contributed by atoms with Crippen molar-refractivity contribution < 1.29 is 13.5 Å². The number of nitrogens with two attached hydrogens (primary N) is 1. The van der Waals surface area contributed by atoms with Crippen LogP contribution in [-0.2, 0) is 12.5 Å². The Hall–Kier alpha value is -1.16. The zero-order chi connectivity index (χ0) is 10.8. The van der Waals surface area contributed by atoms with Gasteiger partial charge in [0.25, 0.3) is 5.92 Å². The van der Waals surface area contributed by atoms with Gasteiger partial charge in [0.05, 0.1) is 12.7 Å². The molecular weight excluding hydrogens is 188 g/mol. The third-order valence-corrected chi connectivity index (χ3v) is 1.97. The number of methoxy groups -OCH3 is 1. The molecule has 0 atom stereocenters. The second kappa shape index (κ2) is 3.92. The fourth-order valence-corrected chi connectivity index (χ4v) is 1.23. The zero-order valence-corrected chi connectivity index (χ0v) is 8.18. The molecule has 0 saturated carbocycles. The van der Waals surface area contributed by atoms with Gasteiger partial charge in [-0.1, -0.05) is 6.07 Å². The average molecular weight is 201 g/mol. The van der Waals surface area contributed by atoms with E-state index in [0.29, 0.717) is 5.56 Å². The van der Waals surface area contributed by atoms with Crippen LogP contribution in [0, 0.1) is 0 Å². The van der Waals surface area contributed by atoms with Crippen LogP contribution in [0.1, 0.15) is 18.1 Å². The second-order valence-electron chi connectivity index (χ2n) is 3.13. The van der Waals surface area contributed by atoms with E-state index in [1.54, 1.807) is 6.07 Å². The zero-order valence-electron chi connectivity index (χ0n) is 8.18. The molecular formula is C10H13F2NO. The van der Waals surface area contributed by atoms with E-state index in [1.165, 1.54) is 19.2 Å². The average Bonchev–Trinajstić information content (AvgIpc) is 2.15. The molecule has 14 heavy (non-hydrogen) atoms. The van der Waals surface area contributed by atoms with E-state index < -0.39 is 5.92 Å². The van der Waals surface area contributed by atoms with Gasteiger partial charge < -0.3 is 10.5 Å². The van der Waals surface area contributed by atoms with Gasteiger partial charge >= 0.3 is 0 Å². The summed E-state index contributed by atoms with van der Waals surface area (Å²) in [7, 11) is 1.37. The molecule has 0 saturated heterocycles. The molecule has 1 aromatic carbocycles. The first-order valence-corrected chi connectivity index (χ1v) is 4.24. The Kier molecular flexibility index (Phi) is 3.06. The lowest BCUT2D eigenvalue weighted by molar-refractivity contribution is 0.0150. The Morgan fingerprint density at radius 3 is 2.50 bits per heavy atom. The predicted molar refractivity (Wildman–Crippen MR) is 50.5 cm³/mol. The smallest absolute Gasteiger partial charge is 0.274 e. The maximum absolute atomic E-state index is 13.1. The molecule has 0 fully saturated rings. The first kappa shape index (κ1) is 10.9. The van der Waals surface area contributed by atoms with Gasteiger partial charge in [-0.3, -0.25) is 0 Å². The van der Waals surface area contributed by atoms with Gasteiger partial charge in [0.1, 0.15) is 5.75 Å². The standard InChI is InChI=1S/C10H13F2NO/c1-10(11,12)8-5-7(6-13)3-4-9(8)14-2/h3-5H,6,13H2,1-2H3. The highest BCUT2D eigenvalue weighted by molar-refractivity contribution is 5.39. The van der Waals surface area contributed by atoms with E-state index >= 15 is 0 Å². The summed E-state index contributed by atoms with van der Waals surface area (Å²) in [6.07, 6.45) is 0. The number of alkyl halides is 2. The molecule has 0 heterocycles. The molecule has 0 spiro atoms. The lowest BCUT2D eigenvalue weighted by atomic mass is 10.0. The van der Waals surface area contributed by atoms with Crippen LogP contribution < -0.4 is 10.5 Å².